The van der Waals surface area contributed by atoms with Crippen LogP contribution in [-0.4, -0.2) is 36.1 Å². The number of fused-ring (bicyclic) bond motifs is 1. The number of aromatic nitrogens is 4. The molecule has 0 spiro atoms. The molecule has 0 aliphatic carbocycles. The number of benzene rings is 1. The Hall–Kier alpha value is -3.09. The molecule has 6 heteroatoms. The lowest BCUT2D eigenvalue weighted by Crippen LogP contribution is -2.03. The molecule has 0 aliphatic rings. The van der Waals surface area contributed by atoms with Gasteiger partial charge < -0.3 is 10.2 Å². The first kappa shape index (κ1) is 18.3. The molecule has 0 fully saturated rings. The van der Waals surface area contributed by atoms with Crippen LogP contribution in [0.15, 0.2) is 60.8 Å². The Morgan fingerprint density at radius 2 is 1.82 bits per heavy atom. The highest BCUT2D eigenvalue weighted by Gasteiger charge is 2.10. The topological polar surface area (TPSA) is 84.1 Å². The monoisotopic (exact) mass is 374 g/mol. The lowest BCUT2D eigenvalue weighted by atomic mass is 10.1. The third-order valence-corrected chi connectivity index (χ3v) is 4.66. The molecule has 28 heavy (non-hydrogen) atoms. The summed E-state index contributed by atoms with van der Waals surface area (Å²) in [5.74, 6) is 0.664. The molecule has 2 N–H and O–H groups in total. The van der Waals surface area contributed by atoms with Gasteiger partial charge in [-0.1, -0.05) is 24.3 Å². The van der Waals surface area contributed by atoms with Crippen LogP contribution >= 0.6 is 0 Å². The zero-order chi connectivity index (χ0) is 19.5. The number of nitrogens with zero attached hydrogens (tertiary/aromatic N) is 4. The van der Waals surface area contributed by atoms with Crippen LogP contribution in [0.3, 0.4) is 0 Å². The van der Waals surface area contributed by atoms with E-state index in [1.807, 2.05) is 42.5 Å². The minimum absolute atomic E-state index is 0.110. The molecule has 4 aromatic rings. The minimum atomic E-state index is -0.335. The van der Waals surface area contributed by atoms with Crippen molar-refractivity contribution < 1.29 is 10.2 Å². The van der Waals surface area contributed by atoms with Gasteiger partial charge in [0.1, 0.15) is 0 Å². The van der Waals surface area contributed by atoms with Gasteiger partial charge in [-0.15, -0.1) is 0 Å². The minimum Gasteiger partial charge on any atom is -0.393 e. The number of aliphatic hydroxyl groups is 2. The lowest BCUT2D eigenvalue weighted by molar-refractivity contribution is 0.184. The van der Waals surface area contributed by atoms with E-state index in [1.54, 1.807) is 23.9 Å². The van der Waals surface area contributed by atoms with Gasteiger partial charge in [-0.25, -0.2) is 9.67 Å². The molecule has 3 aromatic heterocycles. The molecule has 1 atom stereocenters. The number of rotatable bonds is 6. The normalized spacial score (nSPS) is 12.4. The summed E-state index contributed by atoms with van der Waals surface area (Å²) >= 11 is 0. The van der Waals surface area contributed by atoms with Crippen LogP contribution < -0.4 is 0 Å². The van der Waals surface area contributed by atoms with Gasteiger partial charge in [-0.3, -0.25) is 4.98 Å². The van der Waals surface area contributed by atoms with E-state index in [9.17, 15) is 10.2 Å². The van der Waals surface area contributed by atoms with Crippen LogP contribution in [0.4, 0.5) is 0 Å². The fraction of sp³-hybridized carbons (Fsp3) is 0.227. The Balaban J connectivity index is 1.73. The van der Waals surface area contributed by atoms with Crippen molar-refractivity contribution in [3.8, 4) is 17.1 Å². The fourth-order valence-corrected chi connectivity index (χ4v) is 3.17. The molecule has 3 heterocycles. The summed E-state index contributed by atoms with van der Waals surface area (Å²) < 4.78 is 1.77. The average Bonchev–Trinajstić information content (AvgIpc) is 3.16. The summed E-state index contributed by atoms with van der Waals surface area (Å²) in [4.78, 5) is 9.20. The summed E-state index contributed by atoms with van der Waals surface area (Å²) in [5, 5.41) is 24.3. The van der Waals surface area contributed by atoms with Gasteiger partial charge in [0.25, 0.3) is 0 Å². The molecule has 0 saturated carbocycles. The molecule has 0 radical (unpaired) electrons. The van der Waals surface area contributed by atoms with Crippen molar-refractivity contribution in [2.75, 3.05) is 0 Å². The number of hydrogen-bond donors (Lipinski definition) is 2. The maximum Gasteiger partial charge on any atom is 0.154 e. The molecule has 0 bridgehead atoms. The SMILES string of the molecule is CC(O)CCc1cccc(-c2ccc3cnn(-c4cccc(CO)n4)c3c2)n1. The van der Waals surface area contributed by atoms with Gasteiger partial charge in [0, 0.05) is 16.6 Å². The molecule has 6 nitrogen and oxygen atoms in total. The predicted molar refractivity (Wildman–Crippen MR) is 108 cm³/mol. The van der Waals surface area contributed by atoms with Crippen molar-refractivity contribution in [2.24, 2.45) is 0 Å². The predicted octanol–water partition coefficient (Wildman–Crippen LogP) is 3.29. The summed E-state index contributed by atoms with van der Waals surface area (Å²) in [7, 11) is 0. The van der Waals surface area contributed by atoms with E-state index >= 15 is 0 Å². The fourth-order valence-electron chi connectivity index (χ4n) is 3.17. The largest absolute Gasteiger partial charge is 0.393 e. The van der Waals surface area contributed by atoms with Crippen molar-refractivity contribution in [3.05, 3.63) is 72.2 Å². The zero-order valence-corrected chi connectivity index (χ0v) is 15.7. The molecule has 0 saturated heterocycles. The van der Waals surface area contributed by atoms with Crippen molar-refractivity contribution in [1.29, 1.82) is 0 Å². The van der Waals surface area contributed by atoms with Crippen molar-refractivity contribution in [3.63, 3.8) is 0 Å². The van der Waals surface area contributed by atoms with Crippen LogP contribution in [0.25, 0.3) is 28.0 Å². The Kier molecular flexibility index (Phi) is 5.14. The summed E-state index contributed by atoms with van der Waals surface area (Å²) in [5.41, 5.74) is 4.37. The summed E-state index contributed by atoms with van der Waals surface area (Å²) in [6.45, 7) is 1.68. The molecule has 0 aliphatic heterocycles. The van der Waals surface area contributed by atoms with E-state index in [2.05, 4.69) is 16.1 Å². The molecular formula is C22H22N4O2. The molecule has 142 valence electrons. The zero-order valence-electron chi connectivity index (χ0n) is 15.7. The van der Waals surface area contributed by atoms with Crippen LogP contribution in [0.2, 0.25) is 0 Å². The van der Waals surface area contributed by atoms with Crippen LogP contribution in [-0.2, 0) is 13.0 Å². The number of aryl methyl sites for hydroxylation is 1. The Morgan fingerprint density at radius 1 is 1.00 bits per heavy atom. The first-order valence-electron chi connectivity index (χ1n) is 9.33. The highest BCUT2D eigenvalue weighted by atomic mass is 16.3. The molecule has 4 rings (SSSR count). The van der Waals surface area contributed by atoms with Gasteiger partial charge in [0.2, 0.25) is 0 Å². The number of hydrogen-bond acceptors (Lipinski definition) is 5. The first-order valence-corrected chi connectivity index (χ1v) is 9.33. The Morgan fingerprint density at radius 3 is 2.64 bits per heavy atom. The highest BCUT2D eigenvalue weighted by molar-refractivity contribution is 5.84. The number of pyridine rings is 2. The summed E-state index contributed by atoms with van der Waals surface area (Å²) in [6, 6.07) is 17.6. The number of aliphatic hydroxyl groups excluding tert-OH is 2. The second-order valence-corrected chi connectivity index (χ2v) is 6.88. The van der Waals surface area contributed by atoms with Gasteiger partial charge in [-0.2, -0.15) is 5.10 Å². The van der Waals surface area contributed by atoms with E-state index in [4.69, 9.17) is 4.98 Å². The van der Waals surface area contributed by atoms with Crippen molar-refractivity contribution in [2.45, 2.75) is 32.5 Å². The maximum absolute atomic E-state index is 9.51. The maximum atomic E-state index is 9.51. The van der Waals surface area contributed by atoms with Gasteiger partial charge in [-0.05, 0) is 50.1 Å². The molecule has 0 amide bonds. The quantitative estimate of drug-likeness (QED) is 0.541. The van der Waals surface area contributed by atoms with Crippen LogP contribution in [0.1, 0.15) is 24.7 Å². The van der Waals surface area contributed by atoms with E-state index < -0.39 is 0 Å². The first-order chi connectivity index (χ1) is 13.6. The Labute approximate surface area is 163 Å². The van der Waals surface area contributed by atoms with E-state index in [1.165, 1.54) is 0 Å². The second kappa shape index (κ2) is 7.88. The van der Waals surface area contributed by atoms with E-state index in [0.29, 0.717) is 17.9 Å². The van der Waals surface area contributed by atoms with E-state index in [0.717, 1.165) is 34.3 Å². The van der Waals surface area contributed by atoms with Gasteiger partial charge in [0.05, 0.1) is 35.8 Å². The van der Waals surface area contributed by atoms with E-state index in [-0.39, 0.29) is 12.7 Å². The molecular weight excluding hydrogens is 352 g/mol. The molecule has 1 aromatic carbocycles. The molecule has 1 unspecified atom stereocenters. The summed E-state index contributed by atoms with van der Waals surface area (Å²) in [6.07, 6.45) is 2.90. The standard InChI is InChI=1S/C22H22N4O2/c1-15(28)8-11-18-4-2-6-20(24-18)16-9-10-17-13-23-26(21(17)12-16)22-7-3-5-19(14-27)25-22/h2-7,9-10,12-13,15,27-28H,8,11,14H2,1H3. The van der Waals surface area contributed by atoms with Crippen molar-refractivity contribution in [1.82, 2.24) is 19.7 Å². The van der Waals surface area contributed by atoms with Crippen molar-refractivity contribution >= 4 is 10.9 Å². The third kappa shape index (κ3) is 3.78. The second-order valence-electron chi connectivity index (χ2n) is 6.88. The third-order valence-electron chi connectivity index (χ3n) is 4.66. The Bertz CT molecular complexity index is 1100. The average molecular weight is 374 g/mol. The van der Waals surface area contributed by atoms with Crippen LogP contribution in [0, 0.1) is 0 Å². The van der Waals surface area contributed by atoms with Gasteiger partial charge >= 0.3 is 0 Å². The van der Waals surface area contributed by atoms with Gasteiger partial charge in [0.15, 0.2) is 5.82 Å². The highest BCUT2D eigenvalue weighted by Crippen LogP contribution is 2.25. The lowest BCUT2D eigenvalue weighted by Gasteiger charge is -2.08. The smallest absolute Gasteiger partial charge is 0.154 e. The van der Waals surface area contributed by atoms with Crippen LogP contribution in [0.5, 0.6) is 0 Å².